The molecule has 1 amide bonds. The van der Waals surface area contributed by atoms with Crippen molar-refractivity contribution in [3.05, 3.63) is 52.2 Å². The molecule has 0 bridgehead atoms. The average molecular weight is 311 g/mol. The van der Waals surface area contributed by atoms with E-state index >= 15 is 0 Å². The fourth-order valence-electron chi connectivity index (χ4n) is 1.91. The van der Waals surface area contributed by atoms with Crippen LogP contribution in [0.15, 0.2) is 41.8 Å². The number of amides is 1. The molecular weight excluding hydrogens is 292 g/mol. The Morgan fingerprint density at radius 2 is 2.05 bits per heavy atom. The van der Waals surface area contributed by atoms with Gasteiger partial charge in [-0.1, -0.05) is 25.1 Å². The Hall–Kier alpha value is -1.52. The van der Waals surface area contributed by atoms with Gasteiger partial charge in [0.1, 0.15) is 0 Å². The minimum absolute atomic E-state index is 0. The van der Waals surface area contributed by atoms with E-state index in [1.54, 1.807) is 23.5 Å². The van der Waals surface area contributed by atoms with Crippen molar-refractivity contribution >= 4 is 35.3 Å². The Morgan fingerprint density at radius 1 is 1.30 bits per heavy atom. The highest BCUT2D eigenvalue weighted by atomic mass is 35.5. The number of carbonyl (C=O) groups excluding carboxylic acids is 1. The number of hydrogen-bond acceptors (Lipinski definition) is 3. The van der Waals surface area contributed by atoms with Gasteiger partial charge in [0.15, 0.2) is 0 Å². The van der Waals surface area contributed by atoms with E-state index in [2.05, 4.69) is 29.8 Å². The zero-order valence-electron chi connectivity index (χ0n) is 11.3. The number of carbonyl (C=O) groups is 1. The van der Waals surface area contributed by atoms with Crippen molar-refractivity contribution in [1.82, 2.24) is 5.32 Å². The van der Waals surface area contributed by atoms with Crippen LogP contribution in [0.25, 0.3) is 0 Å². The van der Waals surface area contributed by atoms with E-state index in [9.17, 15) is 4.79 Å². The maximum absolute atomic E-state index is 12.0. The van der Waals surface area contributed by atoms with Crippen LogP contribution < -0.4 is 11.1 Å². The summed E-state index contributed by atoms with van der Waals surface area (Å²) >= 11 is 1.75. The predicted molar refractivity (Wildman–Crippen MR) is 87.6 cm³/mol. The van der Waals surface area contributed by atoms with E-state index in [0.717, 1.165) is 6.42 Å². The van der Waals surface area contributed by atoms with Crippen molar-refractivity contribution in [2.24, 2.45) is 5.92 Å². The number of benzene rings is 1. The molecule has 1 heterocycles. The number of anilines is 1. The lowest BCUT2D eigenvalue weighted by Crippen LogP contribution is -2.29. The van der Waals surface area contributed by atoms with E-state index in [1.165, 1.54) is 4.88 Å². The standard InChI is InChI=1S/C15H18N2OS.ClH/c1-11(9-12-5-4-8-19-12)10-17-15(18)13-6-2-3-7-14(13)16;/h2-8,11H,9-10,16H2,1H3,(H,17,18);1H. The number of hydrogen-bond donors (Lipinski definition) is 2. The fourth-order valence-corrected chi connectivity index (χ4v) is 2.78. The molecule has 1 aromatic carbocycles. The molecule has 0 saturated heterocycles. The van der Waals surface area contributed by atoms with Crippen LogP contribution in [0.1, 0.15) is 22.2 Å². The van der Waals surface area contributed by atoms with Gasteiger partial charge in [-0.3, -0.25) is 4.79 Å². The lowest BCUT2D eigenvalue weighted by Gasteiger charge is -2.12. The van der Waals surface area contributed by atoms with Crippen molar-refractivity contribution in [1.29, 1.82) is 0 Å². The SMILES string of the molecule is CC(CNC(=O)c1ccccc1N)Cc1cccs1.Cl. The number of nitrogens with one attached hydrogen (secondary N) is 1. The first-order valence-electron chi connectivity index (χ1n) is 6.32. The number of rotatable bonds is 5. The summed E-state index contributed by atoms with van der Waals surface area (Å²) in [5.74, 6) is 0.309. The molecule has 3 N–H and O–H groups in total. The average Bonchev–Trinajstić information content (AvgIpc) is 2.89. The van der Waals surface area contributed by atoms with Crippen molar-refractivity contribution in [2.75, 3.05) is 12.3 Å². The van der Waals surface area contributed by atoms with Crippen LogP contribution in [-0.2, 0) is 6.42 Å². The number of nitrogen functional groups attached to an aromatic ring is 1. The predicted octanol–water partition coefficient (Wildman–Crippen LogP) is 3.36. The van der Waals surface area contributed by atoms with Crippen LogP contribution in [0.2, 0.25) is 0 Å². The summed E-state index contributed by atoms with van der Waals surface area (Å²) in [6.45, 7) is 2.79. The Kier molecular flexibility index (Phi) is 6.55. The Bertz CT molecular complexity index is 543. The second-order valence-corrected chi connectivity index (χ2v) is 5.72. The molecule has 0 fully saturated rings. The van der Waals surface area contributed by atoms with Gasteiger partial charge in [0.2, 0.25) is 0 Å². The summed E-state index contributed by atoms with van der Waals surface area (Å²) in [5, 5.41) is 5.01. The molecule has 1 aromatic heterocycles. The van der Waals surface area contributed by atoms with Crippen LogP contribution in [0.4, 0.5) is 5.69 Å². The molecule has 2 aromatic rings. The van der Waals surface area contributed by atoms with E-state index in [4.69, 9.17) is 5.73 Å². The highest BCUT2D eigenvalue weighted by Crippen LogP contribution is 2.14. The molecule has 20 heavy (non-hydrogen) atoms. The smallest absolute Gasteiger partial charge is 0.253 e. The first-order chi connectivity index (χ1) is 9.16. The van der Waals surface area contributed by atoms with Crippen molar-refractivity contribution in [3.63, 3.8) is 0 Å². The third-order valence-corrected chi connectivity index (χ3v) is 3.84. The van der Waals surface area contributed by atoms with Crippen LogP contribution >= 0.6 is 23.7 Å². The molecule has 0 aliphatic rings. The third-order valence-electron chi connectivity index (χ3n) is 2.95. The largest absolute Gasteiger partial charge is 0.398 e. The quantitative estimate of drug-likeness (QED) is 0.832. The van der Waals surface area contributed by atoms with Gasteiger partial charge >= 0.3 is 0 Å². The molecule has 0 radical (unpaired) electrons. The summed E-state index contributed by atoms with van der Waals surface area (Å²) in [4.78, 5) is 13.3. The Labute approximate surface area is 129 Å². The zero-order chi connectivity index (χ0) is 13.7. The van der Waals surface area contributed by atoms with E-state index in [0.29, 0.717) is 23.7 Å². The Balaban J connectivity index is 0.00000200. The second kappa shape index (κ2) is 7.92. The molecule has 3 nitrogen and oxygen atoms in total. The fraction of sp³-hybridized carbons (Fsp3) is 0.267. The summed E-state index contributed by atoms with van der Waals surface area (Å²) in [6, 6.07) is 11.3. The normalized spacial score (nSPS) is 11.4. The highest BCUT2D eigenvalue weighted by Gasteiger charge is 2.10. The molecule has 0 aliphatic heterocycles. The van der Waals surface area contributed by atoms with Gasteiger partial charge in [-0.2, -0.15) is 0 Å². The molecule has 1 atom stereocenters. The number of para-hydroxylation sites is 1. The molecule has 0 aliphatic carbocycles. The molecule has 1 unspecified atom stereocenters. The molecule has 0 saturated carbocycles. The van der Waals surface area contributed by atoms with Crippen LogP contribution in [0.5, 0.6) is 0 Å². The summed E-state index contributed by atoms with van der Waals surface area (Å²) in [5.41, 5.74) is 6.84. The molecule has 5 heteroatoms. The van der Waals surface area contributed by atoms with Crippen LogP contribution in [0.3, 0.4) is 0 Å². The van der Waals surface area contributed by atoms with E-state index < -0.39 is 0 Å². The lowest BCUT2D eigenvalue weighted by atomic mass is 10.1. The van der Waals surface area contributed by atoms with Crippen LogP contribution in [-0.4, -0.2) is 12.5 Å². The second-order valence-electron chi connectivity index (χ2n) is 4.69. The highest BCUT2D eigenvalue weighted by molar-refractivity contribution is 7.09. The van der Waals surface area contributed by atoms with Gasteiger partial charge in [-0.05, 0) is 35.9 Å². The lowest BCUT2D eigenvalue weighted by molar-refractivity contribution is 0.0949. The molecular formula is C15H19ClN2OS. The minimum Gasteiger partial charge on any atom is -0.398 e. The van der Waals surface area contributed by atoms with Gasteiger partial charge in [0.05, 0.1) is 5.56 Å². The maximum Gasteiger partial charge on any atom is 0.253 e. The Morgan fingerprint density at radius 3 is 2.70 bits per heavy atom. The minimum atomic E-state index is -0.101. The maximum atomic E-state index is 12.0. The van der Waals surface area contributed by atoms with Crippen molar-refractivity contribution < 1.29 is 4.79 Å². The summed E-state index contributed by atoms with van der Waals surface area (Å²) in [7, 11) is 0. The first kappa shape index (κ1) is 16.5. The van der Waals surface area contributed by atoms with Crippen LogP contribution in [0, 0.1) is 5.92 Å². The summed E-state index contributed by atoms with van der Waals surface area (Å²) in [6.07, 6.45) is 0.988. The van der Waals surface area contributed by atoms with Gasteiger partial charge in [0, 0.05) is 17.1 Å². The van der Waals surface area contributed by atoms with Gasteiger partial charge in [-0.15, -0.1) is 23.7 Å². The monoisotopic (exact) mass is 310 g/mol. The number of nitrogens with two attached hydrogens (primary N) is 1. The first-order valence-corrected chi connectivity index (χ1v) is 7.20. The molecule has 2 rings (SSSR count). The van der Waals surface area contributed by atoms with Gasteiger partial charge in [-0.25, -0.2) is 0 Å². The van der Waals surface area contributed by atoms with E-state index in [-0.39, 0.29) is 18.3 Å². The third kappa shape index (κ3) is 4.54. The van der Waals surface area contributed by atoms with Gasteiger partial charge in [0.25, 0.3) is 5.91 Å². The topological polar surface area (TPSA) is 55.1 Å². The number of halogens is 1. The number of thiophene rings is 1. The summed E-state index contributed by atoms with van der Waals surface area (Å²) < 4.78 is 0. The van der Waals surface area contributed by atoms with Crippen molar-refractivity contribution in [3.8, 4) is 0 Å². The van der Waals surface area contributed by atoms with Crippen molar-refractivity contribution in [2.45, 2.75) is 13.3 Å². The van der Waals surface area contributed by atoms with Gasteiger partial charge < -0.3 is 11.1 Å². The zero-order valence-corrected chi connectivity index (χ0v) is 13.0. The molecule has 0 spiro atoms. The van der Waals surface area contributed by atoms with E-state index in [1.807, 2.05) is 12.1 Å². The molecule has 108 valence electrons.